The molecule has 2 aliphatic rings. The summed E-state index contributed by atoms with van der Waals surface area (Å²) >= 11 is 0. The predicted octanol–water partition coefficient (Wildman–Crippen LogP) is 1.67. The number of nitrogens with zero attached hydrogens (tertiary/aromatic N) is 3. The van der Waals surface area contributed by atoms with Crippen molar-refractivity contribution in [1.82, 2.24) is 9.91 Å². The Bertz CT molecular complexity index is 477. The summed E-state index contributed by atoms with van der Waals surface area (Å²) in [6.45, 7) is 7.69. The molecular weight excluding hydrogens is 278 g/mol. The van der Waals surface area contributed by atoms with Crippen molar-refractivity contribution in [2.75, 3.05) is 44.4 Å². The fourth-order valence-corrected chi connectivity index (χ4v) is 3.36. The van der Waals surface area contributed by atoms with Crippen LogP contribution in [0.3, 0.4) is 0 Å². The normalized spacial score (nSPS) is 21.7. The number of rotatable bonds is 4. The monoisotopic (exact) mass is 303 g/mol. The van der Waals surface area contributed by atoms with E-state index >= 15 is 0 Å². The van der Waals surface area contributed by atoms with Crippen LogP contribution < -0.4 is 5.01 Å². The number of morpholine rings is 1. The van der Waals surface area contributed by atoms with Crippen LogP contribution >= 0.6 is 0 Å². The van der Waals surface area contributed by atoms with Gasteiger partial charge in [0.25, 0.3) is 0 Å². The highest BCUT2D eigenvalue weighted by molar-refractivity contribution is 5.73. The van der Waals surface area contributed by atoms with E-state index in [2.05, 4.69) is 16.8 Å². The molecule has 2 saturated heterocycles. The van der Waals surface area contributed by atoms with Crippen molar-refractivity contribution in [3.05, 3.63) is 29.8 Å². The fourth-order valence-electron chi connectivity index (χ4n) is 3.36. The van der Waals surface area contributed by atoms with Crippen LogP contribution in [0, 0.1) is 6.92 Å². The second-order valence-corrected chi connectivity index (χ2v) is 6.12. The van der Waals surface area contributed by atoms with Crippen LogP contribution in [0.1, 0.15) is 18.4 Å². The molecule has 5 nitrogen and oxygen atoms in total. The number of anilines is 1. The van der Waals surface area contributed by atoms with Gasteiger partial charge in [-0.2, -0.15) is 0 Å². The Kier molecular flexibility index (Phi) is 5.08. The van der Waals surface area contributed by atoms with Crippen molar-refractivity contribution < 1.29 is 9.53 Å². The van der Waals surface area contributed by atoms with Gasteiger partial charge in [-0.25, -0.2) is 10.0 Å². The molecule has 0 bridgehead atoms. The minimum absolute atomic E-state index is 0.631. The van der Waals surface area contributed by atoms with E-state index in [4.69, 9.17) is 4.74 Å². The van der Waals surface area contributed by atoms with Gasteiger partial charge in [0.1, 0.15) is 0 Å². The molecule has 2 aliphatic heterocycles. The molecule has 2 fully saturated rings. The highest BCUT2D eigenvalue weighted by Gasteiger charge is 2.28. The number of piperidine rings is 1. The third-order valence-electron chi connectivity index (χ3n) is 4.71. The van der Waals surface area contributed by atoms with Gasteiger partial charge < -0.3 is 4.74 Å². The molecule has 2 heterocycles. The van der Waals surface area contributed by atoms with Gasteiger partial charge in [0, 0.05) is 32.2 Å². The summed E-state index contributed by atoms with van der Waals surface area (Å²) in [6.07, 6.45) is 3.14. The molecule has 22 heavy (non-hydrogen) atoms. The second-order valence-electron chi connectivity index (χ2n) is 6.12. The summed E-state index contributed by atoms with van der Waals surface area (Å²) in [7, 11) is 0. The molecule has 1 aromatic rings. The maximum absolute atomic E-state index is 11.5. The third-order valence-corrected chi connectivity index (χ3v) is 4.71. The Hall–Kier alpha value is -1.43. The van der Waals surface area contributed by atoms with Crippen LogP contribution in [0.15, 0.2) is 24.3 Å². The molecule has 0 aromatic heterocycles. The lowest BCUT2D eigenvalue weighted by molar-refractivity contribution is -0.110. The zero-order valence-corrected chi connectivity index (χ0v) is 13.3. The van der Waals surface area contributed by atoms with Crippen LogP contribution in [0.2, 0.25) is 0 Å². The van der Waals surface area contributed by atoms with Crippen LogP contribution in [0.5, 0.6) is 0 Å². The van der Waals surface area contributed by atoms with Gasteiger partial charge in [-0.15, -0.1) is 0 Å². The first-order chi connectivity index (χ1) is 10.8. The van der Waals surface area contributed by atoms with Crippen molar-refractivity contribution in [3.8, 4) is 0 Å². The van der Waals surface area contributed by atoms with Gasteiger partial charge in [-0.1, -0.05) is 17.7 Å². The standard InChI is InChI=1S/C17H25N3O2/c1-15-2-4-17(5-3-15)20(14-21)19-8-6-16(7-9-19)18-10-12-22-13-11-18/h2-5,14,16H,6-13H2,1H3. The highest BCUT2D eigenvalue weighted by atomic mass is 16.5. The Balaban J connectivity index is 1.59. The number of amides is 1. The van der Waals surface area contributed by atoms with Crippen molar-refractivity contribution in [3.63, 3.8) is 0 Å². The zero-order valence-electron chi connectivity index (χ0n) is 13.3. The molecule has 0 N–H and O–H groups in total. The molecular formula is C17H25N3O2. The number of carbonyl (C=O) groups is 1. The van der Waals surface area contributed by atoms with E-state index in [1.165, 1.54) is 5.56 Å². The smallest absolute Gasteiger partial charge is 0.228 e. The van der Waals surface area contributed by atoms with Gasteiger partial charge in [-0.3, -0.25) is 9.69 Å². The summed E-state index contributed by atoms with van der Waals surface area (Å²) in [5.74, 6) is 0. The molecule has 120 valence electrons. The maximum Gasteiger partial charge on any atom is 0.228 e. The fraction of sp³-hybridized carbons (Fsp3) is 0.588. The van der Waals surface area contributed by atoms with E-state index in [1.807, 2.05) is 24.3 Å². The predicted molar refractivity (Wildman–Crippen MR) is 86.7 cm³/mol. The maximum atomic E-state index is 11.5. The zero-order chi connectivity index (χ0) is 15.4. The van der Waals surface area contributed by atoms with Gasteiger partial charge >= 0.3 is 0 Å². The summed E-state index contributed by atoms with van der Waals surface area (Å²) in [5, 5.41) is 3.92. The van der Waals surface area contributed by atoms with Crippen LogP contribution in [-0.4, -0.2) is 61.8 Å². The van der Waals surface area contributed by atoms with Crippen LogP contribution in [-0.2, 0) is 9.53 Å². The average Bonchev–Trinajstić information content (AvgIpc) is 2.59. The van der Waals surface area contributed by atoms with Gasteiger partial charge in [-0.05, 0) is 31.9 Å². The summed E-state index contributed by atoms with van der Waals surface area (Å²) in [4.78, 5) is 14.1. The average molecular weight is 303 g/mol. The molecule has 0 saturated carbocycles. The minimum Gasteiger partial charge on any atom is -0.379 e. The highest BCUT2D eigenvalue weighted by Crippen LogP contribution is 2.22. The van der Waals surface area contributed by atoms with E-state index in [1.54, 1.807) is 5.01 Å². The van der Waals surface area contributed by atoms with Crippen molar-refractivity contribution in [2.24, 2.45) is 0 Å². The molecule has 3 rings (SSSR count). The summed E-state index contributed by atoms with van der Waals surface area (Å²) in [6, 6.07) is 8.75. The van der Waals surface area contributed by atoms with E-state index in [9.17, 15) is 4.79 Å². The first kappa shape index (κ1) is 15.5. The molecule has 0 radical (unpaired) electrons. The number of hydrogen-bond acceptors (Lipinski definition) is 4. The largest absolute Gasteiger partial charge is 0.379 e. The molecule has 1 aromatic carbocycles. The Morgan fingerprint density at radius 3 is 2.32 bits per heavy atom. The Morgan fingerprint density at radius 2 is 1.73 bits per heavy atom. The number of carbonyl (C=O) groups excluding carboxylic acids is 1. The van der Waals surface area contributed by atoms with Gasteiger partial charge in [0.15, 0.2) is 0 Å². The van der Waals surface area contributed by atoms with E-state index in [0.29, 0.717) is 6.04 Å². The molecule has 1 amide bonds. The lowest BCUT2D eigenvalue weighted by Crippen LogP contribution is -2.53. The molecule has 0 aliphatic carbocycles. The second kappa shape index (κ2) is 7.22. The lowest BCUT2D eigenvalue weighted by atomic mass is 10.0. The van der Waals surface area contributed by atoms with Crippen LogP contribution in [0.4, 0.5) is 5.69 Å². The molecule has 0 spiro atoms. The SMILES string of the molecule is Cc1ccc(N(C=O)N2CCC(N3CCOCC3)CC2)cc1. The molecule has 0 unspecified atom stereocenters. The number of ether oxygens (including phenoxy) is 1. The van der Waals surface area contributed by atoms with E-state index in [-0.39, 0.29) is 0 Å². The van der Waals surface area contributed by atoms with E-state index < -0.39 is 0 Å². The first-order valence-corrected chi connectivity index (χ1v) is 8.16. The Morgan fingerprint density at radius 1 is 1.09 bits per heavy atom. The van der Waals surface area contributed by atoms with E-state index in [0.717, 1.165) is 64.3 Å². The number of benzene rings is 1. The van der Waals surface area contributed by atoms with Gasteiger partial charge in [0.05, 0.1) is 18.9 Å². The Labute approximate surface area is 132 Å². The number of aryl methyl sites for hydroxylation is 1. The summed E-state index contributed by atoms with van der Waals surface area (Å²) < 4.78 is 5.43. The van der Waals surface area contributed by atoms with Gasteiger partial charge in [0.2, 0.25) is 6.41 Å². The van der Waals surface area contributed by atoms with Crippen molar-refractivity contribution >= 4 is 12.1 Å². The van der Waals surface area contributed by atoms with Crippen LogP contribution in [0.25, 0.3) is 0 Å². The summed E-state index contributed by atoms with van der Waals surface area (Å²) in [5.41, 5.74) is 2.16. The quantitative estimate of drug-likeness (QED) is 0.793. The van der Waals surface area contributed by atoms with Crippen molar-refractivity contribution in [1.29, 1.82) is 0 Å². The molecule has 5 heteroatoms. The topological polar surface area (TPSA) is 36.0 Å². The first-order valence-electron chi connectivity index (χ1n) is 8.16. The lowest BCUT2D eigenvalue weighted by Gasteiger charge is -2.42. The number of hydrazine groups is 1. The third kappa shape index (κ3) is 3.48. The van der Waals surface area contributed by atoms with Crippen molar-refractivity contribution in [2.45, 2.75) is 25.8 Å². The number of hydrogen-bond donors (Lipinski definition) is 0. The minimum atomic E-state index is 0.631. The molecule has 0 atom stereocenters.